The average Bonchev–Trinajstić information content (AvgIpc) is 2.97. The summed E-state index contributed by atoms with van der Waals surface area (Å²) < 4.78 is 71.9. The number of amides is 1. The lowest BCUT2D eigenvalue weighted by molar-refractivity contribution is -0.00828. The Labute approximate surface area is 261 Å². The van der Waals surface area contributed by atoms with Crippen LogP contribution in [0.2, 0.25) is 0 Å². The Balaban J connectivity index is 2.02. The minimum Gasteiger partial charge on any atom is -0.497 e. The Bertz CT molecular complexity index is 1470. The highest BCUT2D eigenvalue weighted by atomic mass is 32.2. The van der Waals surface area contributed by atoms with E-state index in [0.717, 1.165) is 19.1 Å². The van der Waals surface area contributed by atoms with Crippen LogP contribution in [-0.4, -0.2) is 102 Å². The quantitative estimate of drug-likeness (QED) is 0.415. The number of carbonyl (C=O) groups is 1. The number of fused-ring (bicyclic) bond motifs is 1. The van der Waals surface area contributed by atoms with E-state index in [1.54, 1.807) is 13.0 Å². The van der Waals surface area contributed by atoms with Gasteiger partial charge in [-0.3, -0.25) is 9.52 Å². The number of ether oxygens (including phenoxy) is 3. The summed E-state index contributed by atoms with van der Waals surface area (Å²) in [6, 6.07) is 9.84. The number of aliphatic hydroxyl groups is 1. The number of sulfonamides is 2. The van der Waals surface area contributed by atoms with Gasteiger partial charge in [0.25, 0.3) is 15.9 Å². The van der Waals surface area contributed by atoms with Crippen molar-refractivity contribution < 1.29 is 40.9 Å². The number of hydrogen-bond acceptors (Lipinski definition) is 9. The lowest BCUT2D eigenvalue weighted by Gasteiger charge is -2.35. The summed E-state index contributed by atoms with van der Waals surface area (Å²) in [5, 5.41) is 10.1. The topological polar surface area (TPSA) is 152 Å². The minimum atomic E-state index is -4.00. The minimum absolute atomic E-state index is 0.0176. The number of benzene rings is 2. The van der Waals surface area contributed by atoms with Gasteiger partial charge in [0.05, 0.1) is 48.7 Å². The molecular weight excluding hydrogens is 610 g/mol. The highest BCUT2D eigenvalue weighted by Crippen LogP contribution is 2.30. The largest absolute Gasteiger partial charge is 0.497 e. The molecule has 0 saturated carbocycles. The van der Waals surface area contributed by atoms with E-state index in [0.29, 0.717) is 24.5 Å². The SMILES string of the molecule is COc1ccc(S(=O)(=O)Nc2ccc3c(c2)C(=O)N([C@@H](C)CO)C[C@@H](C)[C@@H](CN(C)S(C)(=O)=O)OCCCC[C@@H](C)O3)cc1. The smallest absolute Gasteiger partial charge is 0.261 e. The van der Waals surface area contributed by atoms with E-state index in [-0.39, 0.29) is 47.9 Å². The molecule has 2 aromatic carbocycles. The molecule has 12 nitrogen and oxygen atoms in total. The molecule has 0 bridgehead atoms. The molecule has 0 aliphatic carbocycles. The van der Waals surface area contributed by atoms with Crippen LogP contribution in [0.5, 0.6) is 11.5 Å². The lowest BCUT2D eigenvalue weighted by atomic mass is 10.0. The Kier molecular flexibility index (Phi) is 12.4. The molecule has 0 aromatic heterocycles. The van der Waals surface area contributed by atoms with E-state index in [1.807, 2.05) is 13.8 Å². The number of likely N-dealkylation sites (N-methyl/N-ethyl adjacent to an activating group) is 1. The second-order valence-electron chi connectivity index (χ2n) is 11.3. The van der Waals surface area contributed by atoms with Crippen LogP contribution in [0.15, 0.2) is 47.4 Å². The van der Waals surface area contributed by atoms with Crippen LogP contribution in [0.1, 0.15) is 50.4 Å². The Morgan fingerprint density at radius 3 is 2.41 bits per heavy atom. The molecule has 4 atom stereocenters. The van der Waals surface area contributed by atoms with E-state index in [1.165, 1.54) is 59.8 Å². The molecular formula is C30H45N3O9S2. The number of nitrogens with one attached hydrogen (secondary N) is 1. The maximum Gasteiger partial charge on any atom is 0.261 e. The average molecular weight is 656 g/mol. The molecule has 3 rings (SSSR count). The van der Waals surface area contributed by atoms with Gasteiger partial charge in [0.15, 0.2) is 0 Å². The van der Waals surface area contributed by atoms with Gasteiger partial charge in [0.2, 0.25) is 10.0 Å². The third-order valence-corrected chi connectivity index (χ3v) is 10.4. The van der Waals surface area contributed by atoms with Crippen LogP contribution in [0, 0.1) is 5.92 Å². The normalized spacial score (nSPS) is 21.6. The first-order valence-electron chi connectivity index (χ1n) is 14.6. The molecule has 1 aliphatic heterocycles. The number of hydrogen-bond donors (Lipinski definition) is 2. The van der Waals surface area contributed by atoms with Crippen molar-refractivity contribution in [2.45, 2.75) is 63.2 Å². The van der Waals surface area contributed by atoms with Crippen molar-refractivity contribution in [2.75, 3.05) is 51.4 Å². The molecule has 0 unspecified atom stereocenters. The van der Waals surface area contributed by atoms with Crippen LogP contribution in [0.25, 0.3) is 0 Å². The zero-order valence-electron chi connectivity index (χ0n) is 26.2. The first kappa shape index (κ1) is 35.6. The van der Waals surface area contributed by atoms with Crippen molar-refractivity contribution >= 4 is 31.6 Å². The number of carbonyl (C=O) groups excluding carboxylic acids is 1. The molecule has 0 radical (unpaired) electrons. The predicted molar refractivity (Wildman–Crippen MR) is 168 cm³/mol. The molecule has 0 spiro atoms. The summed E-state index contributed by atoms with van der Waals surface area (Å²) in [7, 11) is -4.49. The van der Waals surface area contributed by atoms with Crippen LogP contribution in [-0.2, 0) is 24.8 Å². The lowest BCUT2D eigenvalue weighted by Crippen LogP contribution is -2.47. The molecule has 2 N–H and O–H groups in total. The predicted octanol–water partition coefficient (Wildman–Crippen LogP) is 3.18. The van der Waals surface area contributed by atoms with Crippen molar-refractivity contribution in [1.82, 2.24) is 9.21 Å². The molecule has 2 aromatic rings. The summed E-state index contributed by atoms with van der Waals surface area (Å²) in [5.41, 5.74) is 0.285. The van der Waals surface area contributed by atoms with Gasteiger partial charge in [0, 0.05) is 38.3 Å². The van der Waals surface area contributed by atoms with Crippen LogP contribution < -0.4 is 14.2 Å². The van der Waals surface area contributed by atoms with E-state index in [2.05, 4.69) is 4.72 Å². The molecule has 1 amide bonds. The van der Waals surface area contributed by atoms with Crippen molar-refractivity contribution in [3.63, 3.8) is 0 Å². The standard InChI is InChI=1S/C30H45N3O9S2/c1-21-18-33(22(2)20-34)30(35)27-17-24(31-44(38,39)26-13-11-25(40-5)12-14-26)10-15-28(27)42-23(3)9-7-8-16-41-29(21)19-32(4)43(6,36)37/h10-15,17,21-23,29,31,34H,7-9,16,18-20H2,1-6H3/t21-,22+,23-,29-/m1/s1. The van der Waals surface area contributed by atoms with Crippen molar-refractivity contribution in [3.05, 3.63) is 48.0 Å². The molecule has 44 heavy (non-hydrogen) atoms. The van der Waals surface area contributed by atoms with Crippen molar-refractivity contribution in [3.8, 4) is 11.5 Å². The van der Waals surface area contributed by atoms with Crippen molar-refractivity contribution in [1.29, 1.82) is 0 Å². The van der Waals surface area contributed by atoms with Crippen LogP contribution in [0.4, 0.5) is 5.69 Å². The number of aliphatic hydroxyl groups excluding tert-OH is 1. The second-order valence-corrected chi connectivity index (χ2v) is 15.1. The highest BCUT2D eigenvalue weighted by molar-refractivity contribution is 7.92. The number of nitrogens with zero attached hydrogens (tertiary/aromatic N) is 2. The van der Waals surface area contributed by atoms with Gasteiger partial charge >= 0.3 is 0 Å². The molecule has 246 valence electrons. The molecule has 1 heterocycles. The van der Waals surface area contributed by atoms with E-state index < -0.39 is 38.1 Å². The zero-order valence-corrected chi connectivity index (χ0v) is 27.9. The first-order chi connectivity index (χ1) is 20.7. The Hall–Kier alpha value is -2.91. The summed E-state index contributed by atoms with van der Waals surface area (Å²) in [5.74, 6) is 0.00733. The summed E-state index contributed by atoms with van der Waals surface area (Å²) in [6.07, 6.45) is 2.53. The third-order valence-electron chi connectivity index (χ3n) is 7.68. The summed E-state index contributed by atoms with van der Waals surface area (Å²) in [4.78, 5) is 15.7. The van der Waals surface area contributed by atoms with Gasteiger partial charge in [-0.1, -0.05) is 6.92 Å². The third kappa shape index (κ3) is 9.54. The number of rotatable bonds is 9. The molecule has 0 fully saturated rings. The van der Waals surface area contributed by atoms with Gasteiger partial charge in [-0.15, -0.1) is 0 Å². The van der Waals surface area contributed by atoms with E-state index in [9.17, 15) is 26.7 Å². The van der Waals surface area contributed by atoms with E-state index in [4.69, 9.17) is 14.2 Å². The molecule has 1 aliphatic rings. The number of methoxy groups -OCH3 is 1. The maximum atomic E-state index is 14.2. The summed E-state index contributed by atoms with van der Waals surface area (Å²) >= 11 is 0. The van der Waals surface area contributed by atoms with Gasteiger partial charge in [0.1, 0.15) is 11.5 Å². The Morgan fingerprint density at radius 2 is 1.80 bits per heavy atom. The van der Waals surface area contributed by atoms with Crippen LogP contribution >= 0.6 is 0 Å². The molecule has 14 heteroatoms. The van der Waals surface area contributed by atoms with Gasteiger partial charge in [-0.05, 0) is 75.6 Å². The van der Waals surface area contributed by atoms with Crippen molar-refractivity contribution in [2.24, 2.45) is 5.92 Å². The highest BCUT2D eigenvalue weighted by Gasteiger charge is 2.31. The van der Waals surface area contributed by atoms with Crippen LogP contribution in [0.3, 0.4) is 0 Å². The summed E-state index contributed by atoms with van der Waals surface area (Å²) in [6.45, 7) is 5.78. The van der Waals surface area contributed by atoms with Gasteiger partial charge in [-0.25, -0.2) is 21.1 Å². The monoisotopic (exact) mass is 655 g/mol. The number of anilines is 1. The molecule has 0 saturated heterocycles. The fraction of sp³-hybridized carbons (Fsp3) is 0.567. The van der Waals surface area contributed by atoms with Gasteiger partial charge in [-0.2, -0.15) is 0 Å². The first-order valence-corrected chi connectivity index (χ1v) is 17.9. The van der Waals surface area contributed by atoms with Gasteiger partial charge < -0.3 is 24.2 Å². The Morgan fingerprint density at radius 1 is 1.11 bits per heavy atom. The maximum absolute atomic E-state index is 14.2. The fourth-order valence-electron chi connectivity index (χ4n) is 4.81. The second kappa shape index (κ2) is 15.4. The van der Waals surface area contributed by atoms with E-state index >= 15 is 0 Å². The fourth-order valence-corrected chi connectivity index (χ4v) is 6.27. The zero-order chi connectivity index (χ0) is 32.7.